The SMILES string of the molecule is CC(C)[C@H](NC(=O)CCCCCN1C(=O)C=CC1=O)C(=O)C[C@@H](C)C(=O)Nc1ccc(COC(=O)C(C)(C)C)c(C#C[C@@H]2C[C@H](C(=O)O)[C@@H](O)[C@H](O)[C@H]2O)c1. The van der Waals surface area contributed by atoms with Gasteiger partial charge in [0.25, 0.3) is 11.8 Å². The number of carboxylic acids is 1. The summed E-state index contributed by atoms with van der Waals surface area (Å²) < 4.78 is 5.47. The highest BCUT2D eigenvalue weighted by molar-refractivity contribution is 6.12. The first kappa shape index (κ1) is 44.5. The van der Waals surface area contributed by atoms with Crippen LogP contribution in [0, 0.1) is 40.9 Å². The second-order valence-corrected chi connectivity index (χ2v) is 15.5. The molecule has 0 spiro atoms. The Kier molecular flexibility index (Phi) is 15.9. The molecule has 15 heteroatoms. The number of hydrogen-bond donors (Lipinski definition) is 6. The highest BCUT2D eigenvalue weighted by atomic mass is 16.5. The number of aliphatic hydroxyl groups excluding tert-OH is 3. The molecule has 4 amide bonds. The number of ether oxygens (including phenoxy) is 1. The van der Waals surface area contributed by atoms with E-state index in [2.05, 4.69) is 22.5 Å². The third kappa shape index (κ3) is 12.6. The summed E-state index contributed by atoms with van der Waals surface area (Å²) in [6.07, 6.45) is -1.15. The van der Waals surface area contributed by atoms with Crippen molar-refractivity contribution in [3.8, 4) is 11.8 Å². The van der Waals surface area contributed by atoms with Gasteiger partial charge in [0, 0.05) is 54.3 Å². The number of nitrogens with zero attached hydrogens (tertiary/aromatic N) is 1. The van der Waals surface area contributed by atoms with Crippen molar-refractivity contribution in [2.45, 2.75) is 111 Å². The average Bonchev–Trinajstić information content (AvgIpc) is 3.43. The zero-order valence-electron chi connectivity index (χ0n) is 32.2. The Morgan fingerprint density at radius 2 is 1.60 bits per heavy atom. The number of unbranched alkanes of at least 4 members (excludes halogenated alkanes) is 2. The number of amides is 4. The highest BCUT2D eigenvalue weighted by Crippen LogP contribution is 2.31. The van der Waals surface area contributed by atoms with E-state index >= 15 is 0 Å². The first-order valence-electron chi connectivity index (χ1n) is 18.5. The van der Waals surface area contributed by atoms with Crippen LogP contribution in [0.4, 0.5) is 5.69 Å². The quantitative estimate of drug-likeness (QED) is 0.0614. The molecule has 1 heterocycles. The standard InChI is InChI=1S/C40H53N3O12/c1-22(2)33(42-30(45)10-8-7-9-17-43-31(46)15-16-32(43)47)29(44)18-23(3)37(51)41-27-14-13-26(21-55-39(54)40(4,5)6)24(19-27)11-12-25-20-28(38(52)53)35(49)36(50)34(25)48/h13-16,19,22-23,25,28,33-36,48-50H,7-10,17-18,20-21H2,1-6H3,(H,41,51)(H,42,45)(H,52,53)/t23-,25-,28+,33+,34+,35-,36-/m1/s1. The topological polar surface area (TPSA) is 237 Å². The van der Waals surface area contributed by atoms with E-state index in [9.17, 15) is 54.0 Å². The third-order valence-electron chi connectivity index (χ3n) is 9.56. The number of aliphatic hydroxyl groups is 3. The van der Waals surface area contributed by atoms with Crippen LogP contribution in [-0.2, 0) is 44.9 Å². The molecule has 0 aromatic heterocycles. The zero-order valence-corrected chi connectivity index (χ0v) is 32.2. The summed E-state index contributed by atoms with van der Waals surface area (Å²) in [5.41, 5.74) is 0.209. The van der Waals surface area contributed by atoms with Crippen molar-refractivity contribution in [1.82, 2.24) is 10.2 Å². The van der Waals surface area contributed by atoms with E-state index in [0.29, 0.717) is 24.8 Å². The maximum Gasteiger partial charge on any atom is 0.311 e. The number of carbonyl (C=O) groups is 7. The molecule has 1 aromatic carbocycles. The number of nitrogens with one attached hydrogen (secondary N) is 2. The minimum atomic E-state index is -1.74. The summed E-state index contributed by atoms with van der Waals surface area (Å²) in [7, 11) is 0. The molecule has 3 rings (SSSR count). The molecule has 1 saturated carbocycles. The van der Waals surface area contributed by atoms with Gasteiger partial charge in [-0.1, -0.05) is 45.1 Å². The van der Waals surface area contributed by atoms with Crippen LogP contribution in [0.2, 0.25) is 0 Å². The van der Waals surface area contributed by atoms with Crippen LogP contribution in [0.5, 0.6) is 0 Å². The summed E-state index contributed by atoms with van der Waals surface area (Å²) >= 11 is 0. The average molecular weight is 768 g/mol. The van der Waals surface area contributed by atoms with Crippen LogP contribution < -0.4 is 10.6 Å². The molecule has 1 fully saturated rings. The first-order chi connectivity index (χ1) is 25.7. The summed E-state index contributed by atoms with van der Waals surface area (Å²) in [6, 6.07) is 3.81. The molecule has 0 radical (unpaired) electrons. The molecule has 0 saturated heterocycles. The number of imide groups is 1. The maximum atomic E-state index is 13.3. The minimum absolute atomic E-state index is 0.145. The summed E-state index contributed by atoms with van der Waals surface area (Å²) in [4.78, 5) is 88.0. The number of ketones is 1. The molecule has 0 bridgehead atoms. The monoisotopic (exact) mass is 767 g/mol. The van der Waals surface area contributed by atoms with Crippen molar-refractivity contribution in [3.05, 3.63) is 41.5 Å². The van der Waals surface area contributed by atoms with Crippen LogP contribution in [0.25, 0.3) is 0 Å². The van der Waals surface area contributed by atoms with Crippen molar-refractivity contribution < 1.29 is 58.7 Å². The van der Waals surface area contributed by atoms with Crippen molar-refractivity contribution in [2.75, 3.05) is 11.9 Å². The molecule has 7 atom stereocenters. The fourth-order valence-electron chi connectivity index (χ4n) is 6.08. The lowest BCUT2D eigenvalue weighted by atomic mass is 9.76. The molecule has 0 unspecified atom stereocenters. The smallest absolute Gasteiger partial charge is 0.311 e. The number of esters is 1. The molecule has 55 heavy (non-hydrogen) atoms. The van der Waals surface area contributed by atoms with E-state index in [4.69, 9.17) is 4.74 Å². The van der Waals surface area contributed by atoms with Gasteiger partial charge >= 0.3 is 11.9 Å². The number of carboxylic acid groups (broad SMARTS) is 1. The van der Waals surface area contributed by atoms with Gasteiger partial charge < -0.3 is 35.8 Å². The van der Waals surface area contributed by atoms with Crippen molar-refractivity contribution in [1.29, 1.82) is 0 Å². The lowest BCUT2D eigenvalue weighted by Crippen LogP contribution is -2.52. The van der Waals surface area contributed by atoms with Crippen molar-refractivity contribution >= 4 is 47.0 Å². The second kappa shape index (κ2) is 19.6. The van der Waals surface area contributed by atoms with Gasteiger partial charge in [-0.2, -0.15) is 0 Å². The summed E-state index contributed by atoms with van der Waals surface area (Å²) in [5.74, 6) is -1.50. The van der Waals surface area contributed by atoms with Crippen LogP contribution in [-0.4, -0.2) is 97.6 Å². The number of rotatable bonds is 16. The summed E-state index contributed by atoms with van der Waals surface area (Å²) in [6.45, 7) is 10.3. The molecule has 6 N–H and O–H groups in total. The van der Waals surface area contributed by atoms with Gasteiger partial charge in [-0.05, 0) is 58.1 Å². The predicted octanol–water partition coefficient (Wildman–Crippen LogP) is 2.09. The molecular weight excluding hydrogens is 714 g/mol. The molecule has 1 aliphatic carbocycles. The van der Waals surface area contributed by atoms with Gasteiger partial charge in [-0.3, -0.25) is 38.5 Å². The van der Waals surface area contributed by atoms with Gasteiger partial charge in [-0.15, -0.1) is 0 Å². The second-order valence-electron chi connectivity index (χ2n) is 15.5. The number of anilines is 1. The molecule has 15 nitrogen and oxygen atoms in total. The Labute approximate surface area is 320 Å². The Balaban J connectivity index is 1.66. The Hall–Kier alpha value is -4.91. The van der Waals surface area contributed by atoms with Gasteiger partial charge in [0.15, 0.2) is 5.78 Å². The maximum absolute atomic E-state index is 13.3. The molecular formula is C40H53N3O12. The number of aliphatic carboxylic acids is 1. The van der Waals surface area contributed by atoms with Crippen LogP contribution in [0.1, 0.15) is 91.2 Å². The Morgan fingerprint density at radius 1 is 0.945 bits per heavy atom. The lowest BCUT2D eigenvalue weighted by Gasteiger charge is -2.36. The van der Waals surface area contributed by atoms with E-state index < -0.39 is 65.4 Å². The van der Waals surface area contributed by atoms with E-state index in [0.717, 1.165) is 4.90 Å². The van der Waals surface area contributed by atoms with Gasteiger partial charge in [0.05, 0.1) is 35.5 Å². The number of hydrogen-bond acceptors (Lipinski definition) is 11. The van der Waals surface area contributed by atoms with E-state index in [1.807, 2.05) is 0 Å². The third-order valence-corrected chi connectivity index (χ3v) is 9.56. The van der Waals surface area contributed by atoms with E-state index in [1.165, 1.54) is 18.2 Å². The van der Waals surface area contributed by atoms with Gasteiger partial charge in [0.1, 0.15) is 12.7 Å². The van der Waals surface area contributed by atoms with Crippen LogP contribution >= 0.6 is 0 Å². The number of carbonyl (C=O) groups excluding carboxylic acids is 6. The fourth-order valence-corrected chi connectivity index (χ4v) is 6.08. The fraction of sp³-hybridized carbons (Fsp3) is 0.575. The minimum Gasteiger partial charge on any atom is -0.481 e. The molecule has 1 aliphatic heterocycles. The predicted molar refractivity (Wildman–Crippen MR) is 198 cm³/mol. The van der Waals surface area contributed by atoms with Gasteiger partial charge in [0.2, 0.25) is 11.8 Å². The van der Waals surface area contributed by atoms with Crippen molar-refractivity contribution in [3.63, 3.8) is 0 Å². The van der Waals surface area contributed by atoms with E-state index in [1.54, 1.807) is 53.7 Å². The Morgan fingerprint density at radius 3 is 2.20 bits per heavy atom. The van der Waals surface area contributed by atoms with Crippen LogP contribution in [0.3, 0.4) is 0 Å². The first-order valence-corrected chi connectivity index (χ1v) is 18.5. The Bertz CT molecular complexity index is 1700. The van der Waals surface area contributed by atoms with E-state index in [-0.39, 0.29) is 73.1 Å². The van der Waals surface area contributed by atoms with Gasteiger partial charge in [-0.25, -0.2) is 0 Å². The zero-order chi connectivity index (χ0) is 41.2. The highest BCUT2D eigenvalue weighted by Gasteiger charge is 2.45. The molecule has 300 valence electrons. The van der Waals surface area contributed by atoms with Crippen molar-refractivity contribution in [2.24, 2.45) is 29.1 Å². The number of Topliss-reactive ketones (excluding diaryl/α,β-unsaturated/α-hetero) is 1. The normalized spacial score (nSPS) is 22.1. The van der Waals surface area contributed by atoms with Crippen LogP contribution in [0.15, 0.2) is 30.4 Å². The largest absolute Gasteiger partial charge is 0.481 e. The lowest BCUT2D eigenvalue weighted by molar-refractivity contribution is -0.164. The summed E-state index contributed by atoms with van der Waals surface area (Å²) in [5, 5.41) is 46.0. The number of benzene rings is 1. The molecule has 2 aliphatic rings. The molecule has 1 aromatic rings.